The molecule has 1 aromatic rings. The van der Waals surface area contributed by atoms with Gasteiger partial charge in [-0.05, 0) is 48.4 Å². The molecule has 0 saturated heterocycles. The molecular weight excluding hydrogens is 244 g/mol. The van der Waals surface area contributed by atoms with Crippen LogP contribution in [0.15, 0.2) is 18.2 Å². The van der Waals surface area contributed by atoms with Gasteiger partial charge < -0.3 is 5.32 Å². The van der Waals surface area contributed by atoms with Gasteiger partial charge in [0.1, 0.15) is 11.6 Å². The maximum atomic E-state index is 13.8. The SMILES string of the molecule is CC(C)NCC1(Cc2cc(F)ccc2F)CCCC1. The third-order valence-electron chi connectivity index (χ3n) is 4.12. The Hall–Kier alpha value is -0.960. The zero-order valence-corrected chi connectivity index (χ0v) is 11.8. The summed E-state index contributed by atoms with van der Waals surface area (Å²) in [6, 6.07) is 4.20. The molecule has 106 valence electrons. The van der Waals surface area contributed by atoms with E-state index in [9.17, 15) is 8.78 Å². The van der Waals surface area contributed by atoms with Crippen LogP contribution >= 0.6 is 0 Å². The van der Waals surface area contributed by atoms with Crippen LogP contribution in [0, 0.1) is 17.0 Å². The molecule has 1 aliphatic carbocycles. The Kier molecular flexibility index (Phi) is 4.56. The molecule has 0 unspecified atom stereocenters. The number of rotatable bonds is 5. The monoisotopic (exact) mass is 267 g/mol. The molecule has 0 spiro atoms. The number of nitrogens with one attached hydrogen (secondary N) is 1. The molecule has 1 aromatic carbocycles. The van der Waals surface area contributed by atoms with E-state index in [1.807, 2.05) is 0 Å². The Morgan fingerprint density at radius 1 is 1.21 bits per heavy atom. The van der Waals surface area contributed by atoms with Gasteiger partial charge in [-0.3, -0.25) is 0 Å². The quantitative estimate of drug-likeness (QED) is 0.848. The molecule has 19 heavy (non-hydrogen) atoms. The van der Waals surface area contributed by atoms with Crippen molar-refractivity contribution >= 4 is 0 Å². The van der Waals surface area contributed by atoms with Crippen LogP contribution < -0.4 is 5.32 Å². The van der Waals surface area contributed by atoms with Crippen LogP contribution in [0.1, 0.15) is 45.1 Å². The van der Waals surface area contributed by atoms with E-state index in [1.54, 1.807) is 0 Å². The first-order valence-corrected chi connectivity index (χ1v) is 7.18. The van der Waals surface area contributed by atoms with Crippen molar-refractivity contribution in [2.24, 2.45) is 5.41 Å². The summed E-state index contributed by atoms with van der Waals surface area (Å²) in [7, 11) is 0. The van der Waals surface area contributed by atoms with Crippen molar-refractivity contribution in [1.82, 2.24) is 5.32 Å². The summed E-state index contributed by atoms with van der Waals surface area (Å²) in [5, 5.41) is 3.47. The van der Waals surface area contributed by atoms with Crippen LogP contribution in [0.5, 0.6) is 0 Å². The lowest BCUT2D eigenvalue weighted by Crippen LogP contribution is -2.37. The Morgan fingerprint density at radius 2 is 1.89 bits per heavy atom. The number of benzene rings is 1. The van der Waals surface area contributed by atoms with E-state index < -0.39 is 0 Å². The molecule has 1 saturated carbocycles. The van der Waals surface area contributed by atoms with E-state index in [0.717, 1.165) is 19.4 Å². The zero-order valence-electron chi connectivity index (χ0n) is 11.8. The van der Waals surface area contributed by atoms with E-state index in [-0.39, 0.29) is 17.0 Å². The maximum absolute atomic E-state index is 13.8. The molecule has 3 heteroatoms. The van der Waals surface area contributed by atoms with Crippen molar-refractivity contribution in [1.29, 1.82) is 0 Å². The summed E-state index contributed by atoms with van der Waals surface area (Å²) in [5.41, 5.74) is 0.617. The molecule has 0 heterocycles. The highest BCUT2D eigenvalue weighted by Gasteiger charge is 2.34. The van der Waals surface area contributed by atoms with E-state index in [0.29, 0.717) is 18.0 Å². The van der Waals surface area contributed by atoms with Crippen molar-refractivity contribution < 1.29 is 8.78 Å². The van der Waals surface area contributed by atoms with E-state index in [2.05, 4.69) is 19.2 Å². The van der Waals surface area contributed by atoms with Crippen molar-refractivity contribution in [3.63, 3.8) is 0 Å². The van der Waals surface area contributed by atoms with Gasteiger partial charge in [0, 0.05) is 12.6 Å². The van der Waals surface area contributed by atoms with Crippen LogP contribution in [-0.2, 0) is 6.42 Å². The lowest BCUT2D eigenvalue weighted by molar-refractivity contribution is 0.265. The highest BCUT2D eigenvalue weighted by atomic mass is 19.1. The van der Waals surface area contributed by atoms with Gasteiger partial charge in [-0.1, -0.05) is 26.7 Å². The Balaban J connectivity index is 2.13. The first kappa shape index (κ1) is 14.4. The Morgan fingerprint density at radius 3 is 2.53 bits per heavy atom. The van der Waals surface area contributed by atoms with Crippen molar-refractivity contribution in [2.75, 3.05) is 6.54 Å². The van der Waals surface area contributed by atoms with Gasteiger partial charge in [-0.25, -0.2) is 8.78 Å². The summed E-state index contributed by atoms with van der Waals surface area (Å²) in [6.45, 7) is 5.12. The standard InChI is InChI=1S/C16H23F2N/c1-12(2)19-11-16(7-3-4-8-16)10-13-9-14(17)5-6-15(13)18/h5-6,9,12,19H,3-4,7-8,10-11H2,1-2H3. The molecule has 0 aliphatic heterocycles. The molecular formula is C16H23F2N. The van der Waals surface area contributed by atoms with E-state index in [1.165, 1.54) is 31.0 Å². The number of hydrogen-bond donors (Lipinski definition) is 1. The topological polar surface area (TPSA) is 12.0 Å². The van der Waals surface area contributed by atoms with Gasteiger partial charge in [0.2, 0.25) is 0 Å². The minimum Gasteiger partial charge on any atom is -0.314 e. The summed E-state index contributed by atoms with van der Waals surface area (Å²) >= 11 is 0. The normalized spacial score (nSPS) is 18.2. The smallest absolute Gasteiger partial charge is 0.126 e. The number of halogens is 2. The predicted octanol–water partition coefficient (Wildman–Crippen LogP) is 4.07. The van der Waals surface area contributed by atoms with Crippen LogP contribution in [-0.4, -0.2) is 12.6 Å². The van der Waals surface area contributed by atoms with Gasteiger partial charge in [-0.2, -0.15) is 0 Å². The van der Waals surface area contributed by atoms with Gasteiger partial charge in [-0.15, -0.1) is 0 Å². The van der Waals surface area contributed by atoms with Crippen LogP contribution in [0.4, 0.5) is 8.78 Å². The lowest BCUT2D eigenvalue weighted by atomic mass is 9.79. The van der Waals surface area contributed by atoms with E-state index >= 15 is 0 Å². The second-order valence-electron chi connectivity index (χ2n) is 6.16. The molecule has 0 radical (unpaired) electrons. The average Bonchev–Trinajstić information content (AvgIpc) is 2.81. The van der Waals surface area contributed by atoms with Crippen molar-refractivity contribution in [3.8, 4) is 0 Å². The summed E-state index contributed by atoms with van der Waals surface area (Å²) in [4.78, 5) is 0. The third kappa shape index (κ3) is 3.75. The molecule has 0 amide bonds. The van der Waals surface area contributed by atoms with Crippen LogP contribution in [0.2, 0.25) is 0 Å². The second-order valence-corrected chi connectivity index (χ2v) is 6.16. The molecule has 1 nitrogen and oxygen atoms in total. The van der Waals surface area contributed by atoms with E-state index in [4.69, 9.17) is 0 Å². The van der Waals surface area contributed by atoms with Gasteiger partial charge in [0.15, 0.2) is 0 Å². The first-order chi connectivity index (χ1) is 9.01. The van der Waals surface area contributed by atoms with Gasteiger partial charge >= 0.3 is 0 Å². The van der Waals surface area contributed by atoms with Gasteiger partial charge in [0.25, 0.3) is 0 Å². The maximum Gasteiger partial charge on any atom is 0.126 e. The molecule has 2 rings (SSSR count). The Labute approximate surface area is 114 Å². The molecule has 1 N–H and O–H groups in total. The number of hydrogen-bond acceptors (Lipinski definition) is 1. The molecule has 0 aromatic heterocycles. The molecule has 0 bridgehead atoms. The van der Waals surface area contributed by atoms with Crippen LogP contribution in [0.25, 0.3) is 0 Å². The lowest BCUT2D eigenvalue weighted by Gasteiger charge is -2.31. The first-order valence-electron chi connectivity index (χ1n) is 7.18. The van der Waals surface area contributed by atoms with Crippen molar-refractivity contribution in [3.05, 3.63) is 35.4 Å². The highest BCUT2D eigenvalue weighted by molar-refractivity contribution is 5.21. The fraction of sp³-hybridized carbons (Fsp3) is 0.625. The zero-order chi connectivity index (χ0) is 13.9. The summed E-state index contributed by atoms with van der Waals surface area (Å²) in [6.07, 6.45) is 5.22. The highest BCUT2D eigenvalue weighted by Crippen LogP contribution is 2.41. The minimum absolute atomic E-state index is 0.0961. The molecule has 1 fully saturated rings. The molecule has 1 aliphatic rings. The van der Waals surface area contributed by atoms with Crippen LogP contribution in [0.3, 0.4) is 0 Å². The minimum atomic E-state index is -0.346. The van der Waals surface area contributed by atoms with Crippen molar-refractivity contribution in [2.45, 2.75) is 52.0 Å². The fourth-order valence-corrected chi connectivity index (χ4v) is 3.04. The van der Waals surface area contributed by atoms with Gasteiger partial charge in [0.05, 0.1) is 0 Å². The largest absolute Gasteiger partial charge is 0.314 e. The summed E-state index contributed by atoms with van der Waals surface area (Å²) < 4.78 is 27.1. The third-order valence-corrected chi connectivity index (χ3v) is 4.12. The average molecular weight is 267 g/mol. The second kappa shape index (κ2) is 6.00. The molecule has 0 atom stereocenters. The predicted molar refractivity (Wildman–Crippen MR) is 74.1 cm³/mol. The fourth-order valence-electron chi connectivity index (χ4n) is 3.04. The summed E-state index contributed by atoms with van der Waals surface area (Å²) in [5.74, 6) is -0.626. The Bertz CT molecular complexity index is 423.